The number of carboxylic acid groups (broad SMARTS) is 4. The SMILES string of the molecule is Cc1cc(Nc2nc(NCCO)nc(Nc3ccc(N=Nc4cc(C(=O)O)cc(C(=O)O)c4)c(C)c3)n2)ccc1N=Nc1cc(C(=O)O)cc(C(=O)O)c1. The van der Waals surface area contributed by atoms with Gasteiger partial charge >= 0.3 is 23.9 Å². The summed E-state index contributed by atoms with van der Waals surface area (Å²) >= 11 is 0. The van der Waals surface area contributed by atoms with Crippen molar-refractivity contribution in [1.29, 1.82) is 0 Å². The van der Waals surface area contributed by atoms with E-state index in [-0.39, 0.29) is 64.6 Å². The van der Waals surface area contributed by atoms with Crippen molar-refractivity contribution in [1.82, 2.24) is 15.0 Å². The lowest BCUT2D eigenvalue weighted by Gasteiger charge is -2.12. The molecule has 19 heteroatoms. The van der Waals surface area contributed by atoms with Gasteiger partial charge in [0.2, 0.25) is 17.8 Å². The van der Waals surface area contributed by atoms with E-state index in [0.29, 0.717) is 33.9 Å². The van der Waals surface area contributed by atoms with Crippen LogP contribution in [0.2, 0.25) is 0 Å². The molecule has 0 fully saturated rings. The van der Waals surface area contributed by atoms with Crippen LogP contribution in [0.1, 0.15) is 52.6 Å². The minimum Gasteiger partial charge on any atom is -0.478 e. The third-order valence-corrected chi connectivity index (χ3v) is 7.31. The molecule has 0 spiro atoms. The van der Waals surface area contributed by atoms with E-state index in [2.05, 4.69) is 51.4 Å². The van der Waals surface area contributed by atoms with Crippen LogP contribution in [-0.4, -0.2) is 77.5 Å². The van der Waals surface area contributed by atoms with Gasteiger partial charge in [-0.15, -0.1) is 0 Å². The summed E-state index contributed by atoms with van der Waals surface area (Å²) in [7, 11) is 0. The topological polar surface area (TPSA) is 294 Å². The fourth-order valence-corrected chi connectivity index (χ4v) is 4.74. The average molecular weight is 735 g/mol. The Morgan fingerprint density at radius 2 is 0.907 bits per heavy atom. The zero-order valence-electron chi connectivity index (χ0n) is 28.3. The van der Waals surface area contributed by atoms with Crippen molar-refractivity contribution in [2.75, 3.05) is 29.1 Å². The predicted molar refractivity (Wildman–Crippen MR) is 193 cm³/mol. The maximum atomic E-state index is 11.4. The minimum atomic E-state index is -1.30. The quantitative estimate of drug-likeness (QED) is 0.0502. The zero-order valence-corrected chi connectivity index (χ0v) is 28.3. The Morgan fingerprint density at radius 1 is 0.537 bits per heavy atom. The van der Waals surface area contributed by atoms with E-state index in [0.717, 1.165) is 12.1 Å². The molecule has 0 radical (unpaired) electrons. The predicted octanol–water partition coefficient (Wildman–Crippen LogP) is 7.00. The standard InChI is InChI=1S/C35H30N10O9/c1-17-9-23(3-5-27(17)44-42-25-13-19(29(47)48)11-20(14-25)30(49)50)37-34-39-33(36-7-8-46)40-35(41-34)38-24-4-6-28(18(2)10-24)45-43-26-15-21(31(51)52)12-22(16-26)32(53)54/h3-6,9-16,46H,7-8H2,1-2H3,(H,47,48)(H,49,50)(H,51,52)(H,53,54)(H3,36,37,38,39,40,41). The molecule has 0 aliphatic heterocycles. The Labute approximate surface area is 304 Å². The lowest BCUT2D eigenvalue weighted by atomic mass is 10.1. The van der Waals surface area contributed by atoms with Crippen molar-refractivity contribution in [3.63, 3.8) is 0 Å². The first kappa shape index (κ1) is 37.6. The number of rotatable bonds is 15. The summed E-state index contributed by atoms with van der Waals surface area (Å²) < 4.78 is 0. The highest BCUT2D eigenvalue weighted by Crippen LogP contribution is 2.30. The van der Waals surface area contributed by atoms with E-state index >= 15 is 0 Å². The molecule has 0 aliphatic rings. The number of aromatic carboxylic acids is 4. The van der Waals surface area contributed by atoms with Crippen LogP contribution in [0.4, 0.5) is 52.0 Å². The highest BCUT2D eigenvalue weighted by atomic mass is 16.4. The number of aromatic nitrogens is 3. The molecule has 1 aromatic heterocycles. The van der Waals surface area contributed by atoms with Crippen LogP contribution in [0.25, 0.3) is 0 Å². The van der Waals surface area contributed by atoms with Crippen LogP contribution in [0, 0.1) is 13.8 Å². The summed E-state index contributed by atoms with van der Waals surface area (Å²) in [5.74, 6) is -4.78. The molecular formula is C35H30N10O9. The second kappa shape index (κ2) is 16.6. The van der Waals surface area contributed by atoms with Crippen LogP contribution in [0.3, 0.4) is 0 Å². The molecule has 5 rings (SSSR count). The third-order valence-electron chi connectivity index (χ3n) is 7.31. The van der Waals surface area contributed by atoms with E-state index in [4.69, 9.17) is 0 Å². The van der Waals surface area contributed by atoms with Gasteiger partial charge in [0.25, 0.3) is 0 Å². The number of aliphatic hydroxyl groups is 1. The number of hydrogen-bond acceptors (Lipinski definition) is 15. The van der Waals surface area contributed by atoms with Crippen LogP contribution in [0.5, 0.6) is 0 Å². The largest absolute Gasteiger partial charge is 0.478 e. The molecule has 0 saturated carbocycles. The molecule has 274 valence electrons. The maximum absolute atomic E-state index is 11.4. The number of anilines is 5. The van der Waals surface area contributed by atoms with Crippen molar-refractivity contribution >= 4 is 75.8 Å². The Bertz CT molecular complexity index is 2130. The Kier molecular flexibility index (Phi) is 11.5. The molecule has 5 aromatic rings. The Hall–Kier alpha value is -7.67. The van der Waals surface area contributed by atoms with Gasteiger partial charge in [-0.2, -0.15) is 35.4 Å². The Balaban J connectivity index is 1.34. The van der Waals surface area contributed by atoms with E-state index < -0.39 is 23.9 Å². The first-order valence-corrected chi connectivity index (χ1v) is 15.7. The smallest absolute Gasteiger partial charge is 0.335 e. The maximum Gasteiger partial charge on any atom is 0.335 e. The molecule has 0 bridgehead atoms. The molecule has 8 N–H and O–H groups in total. The number of hydrogen-bond donors (Lipinski definition) is 8. The van der Waals surface area contributed by atoms with Crippen LogP contribution in [-0.2, 0) is 0 Å². The number of aliphatic hydroxyl groups excluding tert-OH is 1. The van der Waals surface area contributed by atoms with Crippen LogP contribution >= 0.6 is 0 Å². The number of carbonyl (C=O) groups is 4. The van der Waals surface area contributed by atoms with E-state index in [1.807, 2.05) is 0 Å². The minimum absolute atomic E-state index is 0.0515. The number of nitrogens with one attached hydrogen (secondary N) is 3. The number of nitrogens with zero attached hydrogens (tertiary/aromatic N) is 7. The number of benzene rings is 4. The summed E-state index contributed by atoms with van der Waals surface area (Å²) in [5, 5.41) is 72.1. The molecule has 0 saturated heterocycles. The van der Waals surface area contributed by atoms with E-state index in [1.165, 1.54) is 24.3 Å². The van der Waals surface area contributed by atoms with Gasteiger partial charge in [-0.25, -0.2) is 19.2 Å². The first-order valence-electron chi connectivity index (χ1n) is 15.7. The molecule has 0 aliphatic carbocycles. The van der Waals surface area contributed by atoms with Gasteiger partial charge < -0.3 is 41.5 Å². The van der Waals surface area contributed by atoms with Crippen LogP contribution < -0.4 is 16.0 Å². The number of azo groups is 2. The molecule has 0 unspecified atom stereocenters. The van der Waals surface area contributed by atoms with Crippen LogP contribution in [0.15, 0.2) is 93.3 Å². The van der Waals surface area contributed by atoms with Gasteiger partial charge in [-0.3, -0.25) is 0 Å². The lowest BCUT2D eigenvalue weighted by molar-refractivity contribution is 0.0676. The van der Waals surface area contributed by atoms with Gasteiger partial charge in [0.05, 0.1) is 51.6 Å². The second-order valence-corrected chi connectivity index (χ2v) is 11.4. The highest BCUT2D eigenvalue weighted by molar-refractivity contribution is 5.96. The van der Waals surface area contributed by atoms with Gasteiger partial charge in [0.15, 0.2) is 0 Å². The lowest BCUT2D eigenvalue weighted by Crippen LogP contribution is -2.12. The fourth-order valence-electron chi connectivity index (χ4n) is 4.74. The highest BCUT2D eigenvalue weighted by Gasteiger charge is 2.14. The van der Waals surface area contributed by atoms with Gasteiger partial charge in [-0.1, -0.05) is 0 Å². The summed E-state index contributed by atoms with van der Waals surface area (Å²) in [5.41, 5.74) is 2.44. The number of aryl methyl sites for hydroxylation is 2. The van der Waals surface area contributed by atoms with E-state index in [1.54, 1.807) is 50.2 Å². The van der Waals surface area contributed by atoms with Crippen molar-refractivity contribution in [3.8, 4) is 0 Å². The Morgan fingerprint density at radius 3 is 1.24 bits per heavy atom. The third kappa shape index (κ3) is 9.76. The molecule has 4 aromatic carbocycles. The van der Waals surface area contributed by atoms with Crippen molar-refractivity contribution in [2.24, 2.45) is 20.5 Å². The first-order chi connectivity index (χ1) is 25.8. The average Bonchev–Trinajstić information content (AvgIpc) is 3.13. The molecule has 0 atom stereocenters. The molecular weight excluding hydrogens is 704 g/mol. The van der Waals surface area contributed by atoms with Crippen molar-refractivity contribution < 1.29 is 44.7 Å². The summed E-state index contributed by atoms with van der Waals surface area (Å²) in [6.07, 6.45) is 0. The fraction of sp³-hybridized carbons (Fsp3) is 0.114. The summed E-state index contributed by atoms with van der Waals surface area (Å²) in [6.45, 7) is 3.50. The van der Waals surface area contributed by atoms with E-state index in [9.17, 15) is 44.7 Å². The zero-order chi connectivity index (χ0) is 38.9. The second-order valence-electron chi connectivity index (χ2n) is 11.4. The molecule has 0 amide bonds. The van der Waals surface area contributed by atoms with Gasteiger partial charge in [0.1, 0.15) is 0 Å². The normalized spacial score (nSPS) is 11.1. The summed E-state index contributed by atoms with van der Waals surface area (Å²) in [4.78, 5) is 58.9. The summed E-state index contributed by atoms with van der Waals surface area (Å²) in [6, 6.07) is 17.0. The molecule has 19 nitrogen and oxygen atoms in total. The van der Waals surface area contributed by atoms with Crippen molar-refractivity contribution in [2.45, 2.75) is 13.8 Å². The molecule has 54 heavy (non-hydrogen) atoms. The van der Waals surface area contributed by atoms with Crippen molar-refractivity contribution in [3.05, 3.63) is 106 Å². The van der Waals surface area contributed by atoms with Gasteiger partial charge in [0, 0.05) is 17.9 Å². The van der Waals surface area contributed by atoms with Gasteiger partial charge in [-0.05, 0) is 97.8 Å². The number of carboxylic acids is 4. The monoisotopic (exact) mass is 734 g/mol. The molecule has 1 heterocycles.